The molecule has 1 fully saturated rings. The molecule has 108 valence electrons. The zero-order valence-electron chi connectivity index (χ0n) is 11.6. The molecule has 0 aromatic rings. The summed E-state index contributed by atoms with van der Waals surface area (Å²) >= 11 is 0. The minimum atomic E-state index is -0.793. The number of aliphatic carboxylic acids is 1. The molecule has 1 aliphatic carbocycles. The molecule has 0 unspecified atom stereocenters. The zero-order chi connectivity index (χ0) is 14.3. The number of hydrogen-bond acceptors (Lipinski definition) is 3. The van der Waals surface area contributed by atoms with Crippen LogP contribution in [-0.2, 0) is 9.59 Å². The van der Waals surface area contributed by atoms with E-state index in [1.54, 1.807) is 6.08 Å². The molecule has 0 aromatic heterocycles. The first-order valence-electron chi connectivity index (χ1n) is 6.82. The van der Waals surface area contributed by atoms with Gasteiger partial charge in [-0.1, -0.05) is 13.0 Å². The Labute approximate surface area is 114 Å². The molecule has 1 saturated carbocycles. The van der Waals surface area contributed by atoms with Crippen LogP contribution in [0.15, 0.2) is 12.7 Å². The second-order valence-electron chi connectivity index (χ2n) is 5.46. The lowest BCUT2D eigenvalue weighted by Gasteiger charge is -2.35. The molecule has 0 atom stereocenters. The molecule has 5 nitrogen and oxygen atoms in total. The van der Waals surface area contributed by atoms with Crippen LogP contribution in [0.3, 0.4) is 0 Å². The van der Waals surface area contributed by atoms with Crippen molar-refractivity contribution in [3.05, 3.63) is 12.7 Å². The lowest BCUT2D eigenvalue weighted by Crippen LogP contribution is -2.47. The van der Waals surface area contributed by atoms with Gasteiger partial charge in [0.2, 0.25) is 5.91 Å². The average molecular weight is 268 g/mol. The highest BCUT2D eigenvalue weighted by atomic mass is 16.4. The first kappa shape index (κ1) is 15.7. The summed E-state index contributed by atoms with van der Waals surface area (Å²) in [4.78, 5) is 23.1. The van der Waals surface area contributed by atoms with E-state index in [-0.39, 0.29) is 19.0 Å². The lowest BCUT2D eigenvalue weighted by molar-refractivity contribution is -0.151. The fourth-order valence-corrected chi connectivity index (χ4v) is 2.40. The van der Waals surface area contributed by atoms with E-state index in [2.05, 4.69) is 24.1 Å². The Morgan fingerprint density at radius 2 is 2.05 bits per heavy atom. The number of carbonyl (C=O) groups excluding carboxylic acids is 1. The van der Waals surface area contributed by atoms with Gasteiger partial charge in [0.25, 0.3) is 0 Å². The number of nitrogens with one attached hydrogen (secondary N) is 2. The van der Waals surface area contributed by atoms with E-state index in [0.717, 1.165) is 12.8 Å². The maximum atomic E-state index is 11.6. The maximum Gasteiger partial charge on any atom is 0.311 e. The largest absolute Gasteiger partial charge is 0.481 e. The van der Waals surface area contributed by atoms with Gasteiger partial charge in [0.15, 0.2) is 0 Å². The SMILES string of the molecule is C=CCNCC(=O)NCC1(C(=O)O)CCC(C)CC1. The van der Waals surface area contributed by atoms with Crippen LogP contribution in [0.25, 0.3) is 0 Å². The standard InChI is InChI=1S/C14H24N2O3/c1-3-8-15-9-12(17)16-10-14(13(18)19)6-4-11(2)5-7-14/h3,11,15H,1,4-10H2,2H3,(H,16,17)(H,18,19). The van der Waals surface area contributed by atoms with E-state index in [1.165, 1.54) is 0 Å². The van der Waals surface area contributed by atoms with E-state index in [0.29, 0.717) is 25.3 Å². The Morgan fingerprint density at radius 1 is 1.42 bits per heavy atom. The van der Waals surface area contributed by atoms with Crippen molar-refractivity contribution in [3.8, 4) is 0 Å². The predicted octanol–water partition coefficient (Wildman–Crippen LogP) is 1.16. The van der Waals surface area contributed by atoms with Crippen LogP contribution in [0, 0.1) is 11.3 Å². The van der Waals surface area contributed by atoms with Crippen LogP contribution < -0.4 is 10.6 Å². The van der Waals surface area contributed by atoms with Gasteiger partial charge in [0, 0.05) is 13.1 Å². The third kappa shape index (κ3) is 4.67. The first-order valence-corrected chi connectivity index (χ1v) is 6.82. The summed E-state index contributed by atoms with van der Waals surface area (Å²) in [5.74, 6) is -0.378. The third-order valence-corrected chi connectivity index (χ3v) is 3.88. The third-order valence-electron chi connectivity index (χ3n) is 3.88. The van der Waals surface area contributed by atoms with Crippen LogP contribution in [0.1, 0.15) is 32.6 Å². The molecule has 3 N–H and O–H groups in total. The van der Waals surface area contributed by atoms with Crippen molar-refractivity contribution in [2.24, 2.45) is 11.3 Å². The summed E-state index contributed by atoms with van der Waals surface area (Å²) in [5, 5.41) is 15.0. The van der Waals surface area contributed by atoms with Crippen LogP contribution in [0.2, 0.25) is 0 Å². The lowest BCUT2D eigenvalue weighted by atomic mass is 9.71. The molecule has 0 radical (unpaired) electrons. The smallest absolute Gasteiger partial charge is 0.311 e. The monoisotopic (exact) mass is 268 g/mol. The quantitative estimate of drug-likeness (QED) is 0.478. The van der Waals surface area contributed by atoms with Crippen LogP contribution >= 0.6 is 0 Å². The second kappa shape index (κ2) is 7.28. The molecule has 0 heterocycles. The Balaban J connectivity index is 2.44. The van der Waals surface area contributed by atoms with Gasteiger partial charge in [-0.25, -0.2) is 0 Å². The minimum absolute atomic E-state index is 0.166. The summed E-state index contributed by atoms with van der Waals surface area (Å²) in [6.45, 7) is 6.67. The van der Waals surface area contributed by atoms with Crippen molar-refractivity contribution in [1.82, 2.24) is 10.6 Å². The highest BCUT2D eigenvalue weighted by molar-refractivity contribution is 5.80. The average Bonchev–Trinajstić information content (AvgIpc) is 2.38. The number of carbonyl (C=O) groups is 2. The van der Waals surface area contributed by atoms with Crippen molar-refractivity contribution < 1.29 is 14.7 Å². The maximum absolute atomic E-state index is 11.6. The summed E-state index contributed by atoms with van der Waals surface area (Å²) < 4.78 is 0. The Kier molecular flexibility index (Phi) is 6.02. The van der Waals surface area contributed by atoms with Crippen molar-refractivity contribution >= 4 is 11.9 Å². The zero-order valence-corrected chi connectivity index (χ0v) is 11.6. The molecule has 0 saturated heterocycles. The topological polar surface area (TPSA) is 78.4 Å². The van der Waals surface area contributed by atoms with Crippen molar-refractivity contribution in [1.29, 1.82) is 0 Å². The molecule has 0 spiro atoms. The fraction of sp³-hybridized carbons (Fsp3) is 0.714. The minimum Gasteiger partial charge on any atom is -0.481 e. The normalized spacial score (nSPS) is 26.7. The Bertz CT molecular complexity index is 334. The van der Waals surface area contributed by atoms with E-state index in [9.17, 15) is 14.7 Å². The van der Waals surface area contributed by atoms with Crippen LogP contribution in [0.4, 0.5) is 0 Å². The van der Waals surface area contributed by atoms with E-state index < -0.39 is 11.4 Å². The fourth-order valence-electron chi connectivity index (χ4n) is 2.40. The number of carboxylic acids is 1. The van der Waals surface area contributed by atoms with Crippen molar-refractivity contribution in [2.75, 3.05) is 19.6 Å². The predicted molar refractivity (Wildman–Crippen MR) is 73.8 cm³/mol. The summed E-state index contributed by atoms with van der Waals surface area (Å²) in [5.41, 5.74) is -0.777. The molecule has 1 amide bonds. The van der Waals surface area contributed by atoms with Gasteiger partial charge in [0.05, 0.1) is 12.0 Å². The molecule has 0 aliphatic heterocycles. The van der Waals surface area contributed by atoms with E-state index >= 15 is 0 Å². The van der Waals surface area contributed by atoms with Gasteiger partial charge >= 0.3 is 5.97 Å². The molecular formula is C14H24N2O3. The van der Waals surface area contributed by atoms with Crippen LogP contribution in [-0.4, -0.2) is 36.6 Å². The molecule has 0 aromatic carbocycles. The van der Waals surface area contributed by atoms with Gasteiger partial charge in [0.1, 0.15) is 0 Å². The molecular weight excluding hydrogens is 244 g/mol. The number of hydrogen-bond donors (Lipinski definition) is 3. The number of amides is 1. The van der Waals surface area contributed by atoms with Gasteiger partial charge in [-0.05, 0) is 31.6 Å². The summed E-state index contributed by atoms with van der Waals surface area (Å²) in [6.07, 6.45) is 4.79. The molecule has 5 heteroatoms. The first-order chi connectivity index (χ1) is 9.00. The molecule has 1 rings (SSSR count). The number of carboxylic acid groups (broad SMARTS) is 1. The highest BCUT2D eigenvalue weighted by Crippen LogP contribution is 2.38. The number of rotatable bonds is 7. The van der Waals surface area contributed by atoms with Gasteiger partial charge < -0.3 is 15.7 Å². The highest BCUT2D eigenvalue weighted by Gasteiger charge is 2.41. The van der Waals surface area contributed by atoms with Crippen molar-refractivity contribution in [3.63, 3.8) is 0 Å². The van der Waals surface area contributed by atoms with Gasteiger partial charge in [-0.15, -0.1) is 6.58 Å². The Hall–Kier alpha value is -1.36. The van der Waals surface area contributed by atoms with Crippen molar-refractivity contribution in [2.45, 2.75) is 32.6 Å². The van der Waals surface area contributed by atoms with Gasteiger partial charge in [-0.2, -0.15) is 0 Å². The summed E-state index contributed by atoms with van der Waals surface area (Å²) in [7, 11) is 0. The molecule has 0 bridgehead atoms. The molecule has 1 aliphatic rings. The van der Waals surface area contributed by atoms with Gasteiger partial charge in [-0.3, -0.25) is 9.59 Å². The van der Waals surface area contributed by atoms with Crippen LogP contribution in [0.5, 0.6) is 0 Å². The van der Waals surface area contributed by atoms with E-state index in [4.69, 9.17) is 0 Å². The van der Waals surface area contributed by atoms with E-state index in [1.807, 2.05) is 0 Å². The summed E-state index contributed by atoms with van der Waals surface area (Å²) in [6, 6.07) is 0. The molecule has 19 heavy (non-hydrogen) atoms. The second-order valence-corrected chi connectivity index (χ2v) is 5.46. The Morgan fingerprint density at radius 3 is 2.58 bits per heavy atom.